The Labute approximate surface area is 88.5 Å². The van der Waals surface area contributed by atoms with Crippen molar-refractivity contribution in [1.29, 1.82) is 0 Å². The molecule has 1 aromatic heterocycles. The number of rotatable bonds is 3. The molecule has 0 radical (unpaired) electrons. The zero-order valence-corrected chi connectivity index (χ0v) is 9.26. The highest BCUT2D eigenvalue weighted by molar-refractivity contribution is 7.05. The quantitative estimate of drug-likeness (QED) is 0.801. The Morgan fingerprint density at radius 2 is 2.64 bits per heavy atom. The van der Waals surface area contributed by atoms with Crippen molar-refractivity contribution in [2.24, 2.45) is 0 Å². The first-order chi connectivity index (χ1) is 6.88. The zero-order valence-electron chi connectivity index (χ0n) is 8.44. The molecule has 78 valence electrons. The lowest BCUT2D eigenvalue weighted by molar-refractivity contribution is 0.189. The second-order valence-electron chi connectivity index (χ2n) is 3.75. The van der Waals surface area contributed by atoms with Gasteiger partial charge >= 0.3 is 0 Å². The summed E-state index contributed by atoms with van der Waals surface area (Å²) in [5.74, 6) is 0. The maximum Gasteiger partial charge on any atom is 0.0666 e. The van der Waals surface area contributed by atoms with Crippen LogP contribution in [-0.4, -0.2) is 40.7 Å². The summed E-state index contributed by atoms with van der Waals surface area (Å²) < 4.78 is 3.88. The first-order valence-corrected chi connectivity index (χ1v) is 5.81. The third-order valence-corrected chi connectivity index (χ3v) is 3.35. The number of nitrogens with one attached hydrogen (secondary N) is 1. The van der Waals surface area contributed by atoms with Crippen LogP contribution < -0.4 is 5.32 Å². The van der Waals surface area contributed by atoms with Crippen molar-refractivity contribution in [3.63, 3.8) is 0 Å². The minimum absolute atomic E-state index is 0.657. The average molecular weight is 212 g/mol. The third-order valence-electron chi connectivity index (χ3n) is 2.70. The lowest BCUT2D eigenvalue weighted by Gasteiger charge is -2.31. The number of piperidine rings is 1. The molecule has 1 N–H and O–H groups in total. The summed E-state index contributed by atoms with van der Waals surface area (Å²) in [4.78, 5) is 3.74. The van der Waals surface area contributed by atoms with Crippen LogP contribution in [-0.2, 0) is 6.54 Å². The van der Waals surface area contributed by atoms with Gasteiger partial charge in [0.15, 0.2) is 0 Å². The molecule has 0 aromatic carbocycles. The van der Waals surface area contributed by atoms with Gasteiger partial charge in [-0.15, -0.1) is 5.10 Å². The van der Waals surface area contributed by atoms with Crippen molar-refractivity contribution in [3.05, 3.63) is 11.1 Å². The number of likely N-dealkylation sites (N-methyl/N-ethyl adjacent to an activating group) is 1. The predicted octanol–water partition coefficient (Wildman–Crippen LogP) is 0.722. The van der Waals surface area contributed by atoms with Crippen LogP contribution in [0.1, 0.15) is 17.7 Å². The van der Waals surface area contributed by atoms with Crippen LogP contribution in [0.3, 0.4) is 0 Å². The van der Waals surface area contributed by atoms with E-state index in [9.17, 15) is 0 Å². The van der Waals surface area contributed by atoms with Crippen molar-refractivity contribution in [2.75, 3.05) is 20.1 Å². The van der Waals surface area contributed by atoms with Gasteiger partial charge in [-0.3, -0.25) is 4.90 Å². The molecule has 4 nitrogen and oxygen atoms in total. The molecule has 1 saturated heterocycles. The number of hydrogen-bond acceptors (Lipinski definition) is 5. The molecule has 1 fully saturated rings. The Morgan fingerprint density at radius 1 is 1.71 bits per heavy atom. The van der Waals surface area contributed by atoms with Gasteiger partial charge in [0.2, 0.25) is 0 Å². The summed E-state index contributed by atoms with van der Waals surface area (Å²) >= 11 is 1.50. The Kier molecular flexibility index (Phi) is 3.44. The molecule has 0 bridgehead atoms. The Bertz CT molecular complexity index is 262. The molecule has 2 rings (SSSR count). The minimum atomic E-state index is 0.657. The number of hydrogen-bond donors (Lipinski definition) is 1. The molecule has 1 aliphatic rings. The largest absolute Gasteiger partial charge is 0.316 e. The lowest BCUT2D eigenvalue weighted by atomic mass is 10.1. The number of aromatic nitrogens is 2. The molecular weight excluding hydrogens is 196 g/mol. The second kappa shape index (κ2) is 4.82. The van der Waals surface area contributed by atoms with Crippen LogP contribution in [0.2, 0.25) is 0 Å². The summed E-state index contributed by atoms with van der Waals surface area (Å²) in [6.45, 7) is 3.36. The Balaban J connectivity index is 1.86. The molecule has 2 heterocycles. The summed E-state index contributed by atoms with van der Waals surface area (Å²) in [6, 6.07) is 0.657. The molecule has 0 spiro atoms. The smallest absolute Gasteiger partial charge is 0.0666 e. The fourth-order valence-corrected chi connectivity index (χ4v) is 2.45. The summed E-state index contributed by atoms with van der Waals surface area (Å²) in [5.41, 5.74) is 0. The van der Waals surface area contributed by atoms with E-state index in [2.05, 4.69) is 19.8 Å². The fraction of sp³-hybridized carbons (Fsp3) is 0.778. The highest BCUT2D eigenvalue weighted by Crippen LogP contribution is 2.14. The van der Waals surface area contributed by atoms with E-state index in [1.54, 1.807) is 0 Å². The number of likely N-dealkylation sites (tertiary alicyclic amines) is 1. The SMILES string of the molecule is CNC1CCCN(Cc2cnns2)C1. The molecule has 14 heavy (non-hydrogen) atoms. The van der Waals surface area contributed by atoms with Gasteiger partial charge in [-0.25, -0.2) is 0 Å². The van der Waals surface area contributed by atoms with E-state index < -0.39 is 0 Å². The molecular formula is C9H16N4S. The van der Waals surface area contributed by atoms with E-state index in [4.69, 9.17) is 0 Å². The summed E-state index contributed by atoms with van der Waals surface area (Å²) in [7, 11) is 2.04. The zero-order chi connectivity index (χ0) is 9.80. The fourth-order valence-electron chi connectivity index (χ4n) is 1.91. The summed E-state index contributed by atoms with van der Waals surface area (Å²) in [6.07, 6.45) is 4.46. The van der Waals surface area contributed by atoms with Crippen molar-refractivity contribution < 1.29 is 0 Å². The first-order valence-electron chi connectivity index (χ1n) is 5.04. The van der Waals surface area contributed by atoms with Gasteiger partial charge in [-0.2, -0.15) is 0 Å². The average Bonchev–Trinajstić information content (AvgIpc) is 2.71. The molecule has 5 heteroatoms. The van der Waals surface area contributed by atoms with Gasteiger partial charge in [0.05, 0.1) is 11.1 Å². The maximum absolute atomic E-state index is 3.88. The molecule has 0 saturated carbocycles. The van der Waals surface area contributed by atoms with Gasteiger partial charge in [0.25, 0.3) is 0 Å². The normalized spacial score (nSPS) is 23.9. The van der Waals surface area contributed by atoms with Crippen LogP contribution in [0.4, 0.5) is 0 Å². The van der Waals surface area contributed by atoms with Gasteiger partial charge in [-0.05, 0) is 38.0 Å². The van der Waals surface area contributed by atoms with E-state index in [1.807, 2.05) is 13.2 Å². The minimum Gasteiger partial charge on any atom is -0.316 e. The highest BCUT2D eigenvalue weighted by atomic mass is 32.1. The Hall–Kier alpha value is -0.520. The molecule has 1 aromatic rings. The van der Waals surface area contributed by atoms with E-state index in [-0.39, 0.29) is 0 Å². The van der Waals surface area contributed by atoms with Crippen LogP contribution in [0.5, 0.6) is 0 Å². The highest BCUT2D eigenvalue weighted by Gasteiger charge is 2.18. The van der Waals surface area contributed by atoms with Crippen LogP contribution in [0, 0.1) is 0 Å². The first kappa shape index (κ1) is 10.0. The van der Waals surface area contributed by atoms with Gasteiger partial charge < -0.3 is 5.32 Å². The van der Waals surface area contributed by atoms with Crippen molar-refractivity contribution >= 4 is 11.5 Å². The predicted molar refractivity (Wildman–Crippen MR) is 57.3 cm³/mol. The second-order valence-corrected chi connectivity index (χ2v) is 4.62. The number of nitrogens with zero attached hydrogens (tertiary/aromatic N) is 3. The standard InChI is InChI=1S/C9H16N4S/c1-10-8-3-2-4-13(6-8)7-9-5-11-12-14-9/h5,8,10H,2-4,6-7H2,1H3. The van der Waals surface area contributed by atoms with Crippen molar-refractivity contribution in [3.8, 4) is 0 Å². The van der Waals surface area contributed by atoms with Crippen LogP contribution >= 0.6 is 11.5 Å². The molecule has 1 aliphatic heterocycles. The molecule has 1 unspecified atom stereocenters. The maximum atomic E-state index is 3.88. The van der Waals surface area contributed by atoms with Crippen LogP contribution in [0.25, 0.3) is 0 Å². The molecule has 0 amide bonds. The Morgan fingerprint density at radius 3 is 3.36 bits per heavy atom. The lowest BCUT2D eigenvalue weighted by Crippen LogP contribution is -2.43. The summed E-state index contributed by atoms with van der Waals surface area (Å²) in [5, 5.41) is 7.20. The van der Waals surface area contributed by atoms with Gasteiger partial charge in [0, 0.05) is 19.1 Å². The van der Waals surface area contributed by atoms with E-state index in [0.717, 1.165) is 13.1 Å². The van der Waals surface area contributed by atoms with Gasteiger partial charge in [-0.1, -0.05) is 4.49 Å². The van der Waals surface area contributed by atoms with E-state index in [1.165, 1.54) is 35.8 Å². The van der Waals surface area contributed by atoms with E-state index >= 15 is 0 Å². The van der Waals surface area contributed by atoms with E-state index in [0.29, 0.717) is 6.04 Å². The van der Waals surface area contributed by atoms with Crippen molar-refractivity contribution in [1.82, 2.24) is 19.8 Å². The third kappa shape index (κ3) is 2.50. The topological polar surface area (TPSA) is 41.0 Å². The monoisotopic (exact) mass is 212 g/mol. The van der Waals surface area contributed by atoms with Crippen molar-refractivity contribution in [2.45, 2.75) is 25.4 Å². The van der Waals surface area contributed by atoms with Gasteiger partial charge in [0.1, 0.15) is 0 Å². The molecule has 1 atom stereocenters. The van der Waals surface area contributed by atoms with Crippen LogP contribution in [0.15, 0.2) is 6.20 Å². The molecule has 0 aliphatic carbocycles.